The van der Waals surface area contributed by atoms with Crippen LogP contribution in [0.25, 0.3) is 0 Å². The molecule has 0 aliphatic carbocycles. The second-order valence-corrected chi connectivity index (χ2v) is 5.98. The van der Waals surface area contributed by atoms with Gasteiger partial charge in [-0.15, -0.1) is 6.58 Å². The number of fused-ring (bicyclic) bond motifs is 1. The van der Waals surface area contributed by atoms with Crippen LogP contribution in [0.1, 0.15) is 20.8 Å². The van der Waals surface area contributed by atoms with Crippen molar-refractivity contribution in [3.05, 3.63) is 25.3 Å². The Morgan fingerprint density at radius 3 is 2.48 bits per heavy atom. The lowest BCUT2D eigenvalue weighted by Crippen LogP contribution is -2.62. The third-order valence-corrected chi connectivity index (χ3v) is 3.75. The van der Waals surface area contributed by atoms with Gasteiger partial charge in [0.1, 0.15) is 24.9 Å². The average molecular weight is 325 g/mol. The average Bonchev–Trinajstić information content (AvgIpc) is 2.81. The van der Waals surface area contributed by atoms with Crippen molar-refractivity contribution in [2.45, 2.75) is 57.0 Å². The fraction of sp³-hybridized carbons (Fsp3) is 0.625. The van der Waals surface area contributed by atoms with Crippen LogP contribution in [0.2, 0.25) is 0 Å². The molecule has 2 aliphatic rings. The summed E-state index contributed by atoms with van der Waals surface area (Å²) in [5.41, 5.74) is 0. The van der Waals surface area contributed by atoms with Gasteiger partial charge in [0.05, 0.1) is 12.1 Å². The molecule has 0 spiro atoms. The molecule has 3 unspecified atom stereocenters. The first-order chi connectivity index (χ1) is 10.8. The van der Waals surface area contributed by atoms with E-state index in [1.807, 2.05) is 0 Å². The van der Waals surface area contributed by atoms with Crippen LogP contribution in [0.4, 0.5) is 0 Å². The molecule has 7 heteroatoms. The molecule has 23 heavy (non-hydrogen) atoms. The zero-order valence-corrected chi connectivity index (χ0v) is 13.6. The van der Waals surface area contributed by atoms with Crippen LogP contribution in [0, 0.1) is 0 Å². The smallest absolute Gasteiger partial charge is 0.302 e. The SMILES string of the molecule is C=CC(=O)N[C@@H]1C2OC(C)(C)OC2C(COC(C)=O)O[C@@H]1C=C. The summed E-state index contributed by atoms with van der Waals surface area (Å²) in [7, 11) is 0. The molecule has 7 nitrogen and oxygen atoms in total. The van der Waals surface area contributed by atoms with E-state index in [9.17, 15) is 9.59 Å². The molecule has 2 rings (SSSR count). The number of amides is 1. The van der Waals surface area contributed by atoms with Gasteiger partial charge in [0.25, 0.3) is 0 Å². The molecule has 0 radical (unpaired) electrons. The van der Waals surface area contributed by atoms with Crippen LogP contribution in [0.3, 0.4) is 0 Å². The van der Waals surface area contributed by atoms with Crippen molar-refractivity contribution in [1.29, 1.82) is 0 Å². The van der Waals surface area contributed by atoms with Crippen molar-refractivity contribution in [1.82, 2.24) is 5.32 Å². The van der Waals surface area contributed by atoms with Crippen LogP contribution >= 0.6 is 0 Å². The highest BCUT2D eigenvalue weighted by atomic mass is 16.8. The summed E-state index contributed by atoms with van der Waals surface area (Å²) in [5.74, 6) is -1.57. The number of hydrogen-bond acceptors (Lipinski definition) is 6. The highest BCUT2D eigenvalue weighted by Gasteiger charge is 2.55. The molecule has 1 amide bonds. The summed E-state index contributed by atoms with van der Waals surface area (Å²) >= 11 is 0. The van der Waals surface area contributed by atoms with Crippen molar-refractivity contribution in [3.8, 4) is 0 Å². The summed E-state index contributed by atoms with van der Waals surface area (Å²) in [6, 6.07) is -0.474. The minimum absolute atomic E-state index is 0.0441. The van der Waals surface area contributed by atoms with Crippen LogP contribution < -0.4 is 5.32 Å². The molecular weight excluding hydrogens is 302 g/mol. The zero-order valence-electron chi connectivity index (χ0n) is 13.6. The molecule has 0 bridgehead atoms. The molecule has 1 N–H and O–H groups in total. The Morgan fingerprint density at radius 1 is 1.26 bits per heavy atom. The van der Waals surface area contributed by atoms with Gasteiger partial charge in [-0.1, -0.05) is 12.7 Å². The van der Waals surface area contributed by atoms with Gasteiger partial charge in [-0.2, -0.15) is 0 Å². The number of ether oxygens (including phenoxy) is 4. The van der Waals surface area contributed by atoms with E-state index in [2.05, 4.69) is 18.5 Å². The standard InChI is InChI=1S/C16H23NO6/c1-6-10-13(17-12(19)7-2)15-14(22-16(4,5)23-15)11(21-10)8-20-9(3)18/h6-7,10-11,13-15H,1-2,8H2,3-5H3,(H,17,19)/t10-,11?,13+,14?,15?/m1/s1. The Balaban J connectivity index is 2.23. The summed E-state index contributed by atoms with van der Waals surface area (Å²) in [4.78, 5) is 22.8. The number of nitrogens with one attached hydrogen (secondary N) is 1. The first kappa shape index (κ1) is 17.7. The predicted octanol–water partition coefficient (Wildman–Crippen LogP) is 0.694. The largest absolute Gasteiger partial charge is 0.463 e. The van der Waals surface area contributed by atoms with E-state index in [0.717, 1.165) is 0 Å². The molecule has 0 aromatic heterocycles. The fourth-order valence-electron chi connectivity index (χ4n) is 2.86. The van der Waals surface area contributed by atoms with E-state index in [1.54, 1.807) is 19.9 Å². The lowest BCUT2D eigenvalue weighted by molar-refractivity contribution is -0.173. The molecule has 5 atom stereocenters. The normalized spacial score (nSPS) is 35.0. The summed E-state index contributed by atoms with van der Waals surface area (Å²) < 4.78 is 22.8. The number of rotatable bonds is 5. The monoisotopic (exact) mass is 325 g/mol. The Hall–Kier alpha value is -1.70. The molecule has 2 aliphatic heterocycles. The van der Waals surface area contributed by atoms with Crippen LogP contribution in [-0.2, 0) is 28.5 Å². The van der Waals surface area contributed by atoms with Gasteiger partial charge in [0, 0.05) is 6.92 Å². The van der Waals surface area contributed by atoms with Crippen LogP contribution in [0.15, 0.2) is 25.3 Å². The number of hydrogen-bond donors (Lipinski definition) is 1. The Labute approximate surface area is 135 Å². The lowest BCUT2D eigenvalue weighted by atomic mass is 9.92. The quantitative estimate of drug-likeness (QED) is 0.455. The van der Waals surface area contributed by atoms with E-state index < -0.39 is 42.2 Å². The van der Waals surface area contributed by atoms with Crippen molar-refractivity contribution >= 4 is 11.9 Å². The van der Waals surface area contributed by atoms with E-state index in [4.69, 9.17) is 18.9 Å². The van der Waals surface area contributed by atoms with Gasteiger partial charge in [-0.25, -0.2) is 0 Å². The van der Waals surface area contributed by atoms with Crippen molar-refractivity contribution in [2.24, 2.45) is 0 Å². The number of carbonyl (C=O) groups is 2. The molecule has 0 saturated carbocycles. The van der Waals surface area contributed by atoms with Crippen LogP contribution in [0.5, 0.6) is 0 Å². The third-order valence-electron chi connectivity index (χ3n) is 3.75. The Bertz CT molecular complexity index is 503. The first-order valence-corrected chi connectivity index (χ1v) is 7.47. The number of carbonyl (C=O) groups excluding carboxylic acids is 2. The maximum atomic E-state index is 11.7. The summed E-state index contributed by atoms with van der Waals surface area (Å²) in [5, 5.41) is 2.80. The van der Waals surface area contributed by atoms with Gasteiger partial charge >= 0.3 is 5.97 Å². The maximum absolute atomic E-state index is 11.7. The van der Waals surface area contributed by atoms with Crippen molar-refractivity contribution in [2.75, 3.05) is 6.61 Å². The summed E-state index contributed by atoms with van der Waals surface area (Å²) in [6.07, 6.45) is 0.825. The Morgan fingerprint density at radius 2 is 1.91 bits per heavy atom. The molecule has 2 fully saturated rings. The van der Waals surface area contributed by atoms with Gasteiger partial charge in [0.2, 0.25) is 5.91 Å². The van der Waals surface area contributed by atoms with Gasteiger partial charge < -0.3 is 24.3 Å². The second kappa shape index (κ2) is 6.82. The fourth-order valence-corrected chi connectivity index (χ4v) is 2.86. The van der Waals surface area contributed by atoms with Gasteiger partial charge in [-0.3, -0.25) is 9.59 Å². The van der Waals surface area contributed by atoms with E-state index >= 15 is 0 Å². The van der Waals surface area contributed by atoms with Gasteiger partial charge in [-0.05, 0) is 19.9 Å². The predicted molar refractivity (Wildman–Crippen MR) is 81.4 cm³/mol. The minimum atomic E-state index is -0.833. The van der Waals surface area contributed by atoms with Crippen LogP contribution in [-0.4, -0.2) is 54.7 Å². The Kier molecular flexibility index (Phi) is 5.23. The minimum Gasteiger partial charge on any atom is -0.463 e. The molecule has 0 aromatic rings. The topological polar surface area (TPSA) is 83.1 Å². The van der Waals surface area contributed by atoms with E-state index in [1.165, 1.54) is 13.0 Å². The molecule has 2 heterocycles. The zero-order chi connectivity index (χ0) is 17.2. The molecule has 2 saturated heterocycles. The lowest BCUT2D eigenvalue weighted by Gasteiger charge is -2.41. The van der Waals surface area contributed by atoms with E-state index in [-0.39, 0.29) is 12.5 Å². The molecule has 128 valence electrons. The highest BCUT2D eigenvalue weighted by Crippen LogP contribution is 2.37. The van der Waals surface area contributed by atoms with Crippen molar-refractivity contribution in [3.63, 3.8) is 0 Å². The molecule has 0 aromatic carbocycles. The highest BCUT2D eigenvalue weighted by molar-refractivity contribution is 5.87. The first-order valence-electron chi connectivity index (χ1n) is 7.47. The number of esters is 1. The van der Waals surface area contributed by atoms with E-state index in [0.29, 0.717) is 0 Å². The van der Waals surface area contributed by atoms with Crippen molar-refractivity contribution < 1.29 is 28.5 Å². The third kappa shape index (κ3) is 3.99. The summed E-state index contributed by atoms with van der Waals surface area (Å²) in [6.45, 7) is 12.1. The maximum Gasteiger partial charge on any atom is 0.302 e. The second-order valence-electron chi connectivity index (χ2n) is 5.98. The molecular formula is C16H23NO6. The van der Waals surface area contributed by atoms with Gasteiger partial charge in [0.15, 0.2) is 5.79 Å².